The van der Waals surface area contributed by atoms with Gasteiger partial charge in [-0.3, -0.25) is 4.98 Å². The number of nitrogens with one attached hydrogen (secondary N) is 1. The number of carbonyl (C=O) groups is 1. The molecule has 1 aliphatic rings. The van der Waals surface area contributed by atoms with Crippen LogP contribution in [0.15, 0.2) is 28.9 Å². The van der Waals surface area contributed by atoms with Gasteiger partial charge in [-0.05, 0) is 31.5 Å². The second-order valence-corrected chi connectivity index (χ2v) is 6.05. The molecule has 1 aromatic heterocycles. The fraction of sp³-hybridized carbons (Fsp3) is 0.375. The first-order valence-corrected chi connectivity index (χ1v) is 8.08. The molecule has 0 amide bonds. The van der Waals surface area contributed by atoms with Crippen molar-refractivity contribution >= 4 is 38.5 Å². The molecule has 0 spiro atoms. The first-order chi connectivity index (χ1) is 10.7. The van der Waals surface area contributed by atoms with Gasteiger partial charge >= 0.3 is 5.97 Å². The Morgan fingerprint density at radius 3 is 3.14 bits per heavy atom. The Bertz CT molecular complexity index is 699. The monoisotopic (exact) mass is 364 g/mol. The minimum Gasteiger partial charge on any atom is -0.462 e. The Balaban J connectivity index is 2.09. The van der Waals surface area contributed by atoms with E-state index in [1.165, 1.54) is 0 Å². The number of pyridine rings is 1. The molecule has 1 N–H and O–H groups in total. The SMILES string of the molecule is CCOC(=O)c1cnc2ccc(Br)cc2c1N[C@H]1CCOC1. The van der Waals surface area contributed by atoms with E-state index >= 15 is 0 Å². The van der Waals surface area contributed by atoms with Crippen LogP contribution in [0.4, 0.5) is 5.69 Å². The fourth-order valence-electron chi connectivity index (χ4n) is 2.54. The van der Waals surface area contributed by atoms with Crippen molar-refractivity contribution in [3.8, 4) is 0 Å². The van der Waals surface area contributed by atoms with Crippen LogP contribution in [0.1, 0.15) is 23.7 Å². The van der Waals surface area contributed by atoms with E-state index in [0.717, 1.165) is 34.1 Å². The Labute approximate surface area is 137 Å². The number of rotatable bonds is 4. The van der Waals surface area contributed by atoms with E-state index < -0.39 is 0 Å². The number of benzene rings is 1. The number of anilines is 1. The van der Waals surface area contributed by atoms with Gasteiger partial charge in [-0.15, -0.1) is 0 Å². The molecule has 1 aliphatic heterocycles. The molecule has 5 nitrogen and oxygen atoms in total. The number of hydrogen-bond donors (Lipinski definition) is 1. The van der Waals surface area contributed by atoms with Crippen molar-refractivity contribution in [1.82, 2.24) is 4.98 Å². The lowest BCUT2D eigenvalue weighted by Gasteiger charge is -2.17. The van der Waals surface area contributed by atoms with Crippen LogP contribution in [0.5, 0.6) is 0 Å². The lowest BCUT2D eigenvalue weighted by molar-refractivity contribution is 0.0527. The summed E-state index contributed by atoms with van der Waals surface area (Å²) in [5, 5.41) is 4.33. The molecule has 6 heteroatoms. The average Bonchev–Trinajstić information content (AvgIpc) is 3.01. The normalized spacial score (nSPS) is 17.6. The number of halogens is 1. The molecule has 1 fully saturated rings. The predicted octanol–water partition coefficient (Wildman–Crippen LogP) is 3.37. The topological polar surface area (TPSA) is 60.5 Å². The maximum Gasteiger partial charge on any atom is 0.341 e. The molecular formula is C16H17BrN2O3. The minimum atomic E-state index is -0.363. The molecule has 0 bridgehead atoms. The summed E-state index contributed by atoms with van der Waals surface area (Å²) in [6, 6.07) is 6.01. The van der Waals surface area contributed by atoms with Crippen molar-refractivity contribution in [3.05, 3.63) is 34.4 Å². The van der Waals surface area contributed by atoms with Gasteiger partial charge in [-0.2, -0.15) is 0 Å². The summed E-state index contributed by atoms with van der Waals surface area (Å²) in [5.41, 5.74) is 2.05. The van der Waals surface area contributed by atoms with Crippen LogP contribution in [-0.2, 0) is 9.47 Å². The molecule has 1 saturated heterocycles. The number of hydrogen-bond acceptors (Lipinski definition) is 5. The quantitative estimate of drug-likeness (QED) is 0.842. The second-order valence-electron chi connectivity index (χ2n) is 5.13. The van der Waals surface area contributed by atoms with Gasteiger partial charge in [0.15, 0.2) is 0 Å². The minimum absolute atomic E-state index is 0.192. The largest absolute Gasteiger partial charge is 0.462 e. The first kappa shape index (κ1) is 15.2. The van der Waals surface area contributed by atoms with Gasteiger partial charge in [0, 0.05) is 22.7 Å². The third-order valence-corrected chi connectivity index (χ3v) is 4.10. The van der Waals surface area contributed by atoms with E-state index in [9.17, 15) is 4.79 Å². The zero-order valence-corrected chi connectivity index (χ0v) is 13.9. The molecule has 1 aromatic carbocycles. The predicted molar refractivity (Wildman–Crippen MR) is 88.2 cm³/mol. The van der Waals surface area contributed by atoms with E-state index in [2.05, 4.69) is 26.2 Å². The third-order valence-electron chi connectivity index (χ3n) is 3.60. The Hall–Kier alpha value is -1.66. The van der Waals surface area contributed by atoms with Gasteiger partial charge in [0.25, 0.3) is 0 Å². The maximum atomic E-state index is 12.2. The van der Waals surface area contributed by atoms with E-state index in [1.807, 2.05) is 18.2 Å². The highest BCUT2D eigenvalue weighted by atomic mass is 79.9. The highest BCUT2D eigenvalue weighted by molar-refractivity contribution is 9.10. The first-order valence-electron chi connectivity index (χ1n) is 7.28. The van der Waals surface area contributed by atoms with Gasteiger partial charge in [0.1, 0.15) is 5.56 Å². The van der Waals surface area contributed by atoms with Gasteiger partial charge < -0.3 is 14.8 Å². The number of aromatic nitrogens is 1. The van der Waals surface area contributed by atoms with Crippen LogP contribution in [0.25, 0.3) is 10.9 Å². The van der Waals surface area contributed by atoms with Gasteiger partial charge in [-0.25, -0.2) is 4.79 Å². The number of fused-ring (bicyclic) bond motifs is 1. The molecule has 0 radical (unpaired) electrons. The molecule has 116 valence electrons. The molecular weight excluding hydrogens is 348 g/mol. The molecule has 3 rings (SSSR count). The van der Waals surface area contributed by atoms with Gasteiger partial charge in [0.05, 0.1) is 30.5 Å². The molecule has 1 atom stereocenters. The van der Waals surface area contributed by atoms with Crippen molar-refractivity contribution in [2.45, 2.75) is 19.4 Å². The fourth-order valence-corrected chi connectivity index (χ4v) is 2.90. The molecule has 0 unspecified atom stereocenters. The molecule has 22 heavy (non-hydrogen) atoms. The summed E-state index contributed by atoms with van der Waals surface area (Å²) in [5.74, 6) is -0.363. The van der Waals surface area contributed by atoms with E-state index in [-0.39, 0.29) is 12.0 Å². The Kier molecular flexibility index (Phi) is 4.59. The number of nitrogens with zero attached hydrogens (tertiary/aromatic N) is 1. The van der Waals surface area contributed by atoms with Crippen LogP contribution in [0, 0.1) is 0 Å². The highest BCUT2D eigenvalue weighted by Crippen LogP contribution is 2.30. The van der Waals surface area contributed by atoms with Crippen molar-refractivity contribution < 1.29 is 14.3 Å². The third kappa shape index (κ3) is 3.08. The maximum absolute atomic E-state index is 12.2. The number of esters is 1. The smallest absolute Gasteiger partial charge is 0.341 e. The summed E-state index contributed by atoms with van der Waals surface area (Å²) < 4.78 is 11.5. The van der Waals surface area contributed by atoms with Crippen LogP contribution >= 0.6 is 15.9 Å². The molecule has 0 saturated carbocycles. The van der Waals surface area contributed by atoms with E-state index in [1.54, 1.807) is 13.1 Å². The van der Waals surface area contributed by atoms with Crippen LogP contribution in [0.3, 0.4) is 0 Å². The molecule has 2 aromatic rings. The van der Waals surface area contributed by atoms with Gasteiger partial charge in [-0.1, -0.05) is 15.9 Å². The zero-order valence-electron chi connectivity index (χ0n) is 12.3. The van der Waals surface area contributed by atoms with Gasteiger partial charge in [0.2, 0.25) is 0 Å². The van der Waals surface area contributed by atoms with Crippen LogP contribution in [0.2, 0.25) is 0 Å². The van der Waals surface area contributed by atoms with E-state index in [4.69, 9.17) is 9.47 Å². The summed E-state index contributed by atoms with van der Waals surface area (Å²) in [6.07, 6.45) is 2.49. The van der Waals surface area contributed by atoms with Crippen LogP contribution in [-0.4, -0.2) is 36.8 Å². The Morgan fingerprint density at radius 2 is 2.41 bits per heavy atom. The van der Waals surface area contributed by atoms with Crippen molar-refractivity contribution in [3.63, 3.8) is 0 Å². The lowest BCUT2D eigenvalue weighted by atomic mass is 10.1. The van der Waals surface area contributed by atoms with Crippen LogP contribution < -0.4 is 5.32 Å². The standard InChI is InChI=1S/C16H17BrN2O3/c1-2-22-16(20)13-8-18-14-4-3-10(17)7-12(14)15(13)19-11-5-6-21-9-11/h3-4,7-8,11H,2,5-6,9H2,1H3,(H,18,19)/t11-/m0/s1. The van der Waals surface area contributed by atoms with E-state index in [0.29, 0.717) is 18.8 Å². The average molecular weight is 365 g/mol. The lowest BCUT2D eigenvalue weighted by Crippen LogP contribution is -2.21. The summed E-state index contributed by atoms with van der Waals surface area (Å²) in [4.78, 5) is 16.6. The summed E-state index contributed by atoms with van der Waals surface area (Å²) >= 11 is 3.48. The van der Waals surface area contributed by atoms with Crippen molar-refractivity contribution in [1.29, 1.82) is 0 Å². The summed E-state index contributed by atoms with van der Waals surface area (Å²) in [7, 11) is 0. The Morgan fingerprint density at radius 1 is 1.55 bits per heavy atom. The number of carbonyl (C=O) groups excluding carboxylic acids is 1. The molecule has 2 heterocycles. The van der Waals surface area contributed by atoms with Crippen molar-refractivity contribution in [2.75, 3.05) is 25.1 Å². The second kappa shape index (κ2) is 6.62. The molecule has 0 aliphatic carbocycles. The summed E-state index contributed by atoms with van der Waals surface area (Å²) in [6.45, 7) is 3.50. The zero-order chi connectivity index (χ0) is 15.5. The highest BCUT2D eigenvalue weighted by Gasteiger charge is 2.22. The van der Waals surface area contributed by atoms with Crippen molar-refractivity contribution in [2.24, 2.45) is 0 Å². The number of ether oxygens (including phenoxy) is 2.